The van der Waals surface area contributed by atoms with Crippen LogP contribution in [0, 0.1) is 0 Å². The van der Waals surface area contributed by atoms with Gasteiger partial charge in [-0.05, 0) is 30.3 Å². The summed E-state index contributed by atoms with van der Waals surface area (Å²) in [6.07, 6.45) is 0. The van der Waals surface area contributed by atoms with Crippen molar-refractivity contribution in [2.24, 2.45) is 0 Å². The van der Waals surface area contributed by atoms with Crippen molar-refractivity contribution < 1.29 is 23.7 Å². The van der Waals surface area contributed by atoms with Crippen molar-refractivity contribution in [2.45, 2.75) is 0 Å². The number of nitrogens with zero attached hydrogens (tertiary/aromatic N) is 4. The molecule has 9 nitrogen and oxygen atoms in total. The smallest absolute Gasteiger partial charge is 0.235 e. The molecule has 0 saturated carbocycles. The van der Waals surface area contributed by atoms with Crippen LogP contribution >= 0.6 is 11.3 Å². The van der Waals surface area contributed by atoms with E-state index in [4.69, 9.17) is 28.8 Å². The molecule has 0 aliphatic rings. The number of fused-ring (bicyclic) bond motifs is 1. The van der Waals surface area contributed by atoms with Crippen molar-refractivity contribution in [2.75, 3.05) is 35.5 Å². The van der Waals surface area contributed by atoms with Crippen molar-refractivity contribution in [1.82, 2.24) is 19.8 Å². The zero-order chi connectivity index (χ0) is 21.3. The van der Waals surface area contributed by atoms with E-state index in [1.165, 1.54) is 11.3 Å². The molecule has 0 spiro atoms. The Bertz CT molecular complexity index is 1180. The molecule has 0 amide bonds. The van der Waals surface area contributed by atoms with E-state index in [1.807, 2.05) is 30.3 Å². The zero-order valence-corrected chi connectivity index (χ0v) is 17.9. The fourth-order valence-corrected chi connectivity index (χ4v) is 3.92. The molecule has 0 saturated heterocycles. The second kappa shape index (κ2) is 8.07. The SMILES string of the molecule is COc1ccc(-c2nnc3sc(-c4cc(OC)c(OC)c(OC)c4)nn23)cc1OC. The molecule has 4 rings (SSSR count). The minimum Gasteiger partial charge on any atom is -0.493 e. The van der Waals surface area contributed by atoms with Gasteiger partial charge in [0.15, 0.2) is 28.8 Å². The highest BCUT2D eigenvalue weighted by molar-refractivity contribution is 7.19. The second-order valence-electron chi connectivity index (χ2n) is 6.11. The molecular formula is C20H20N4O5S. The molecular weight excluding hydrogens is 408 g/mol. The quantitative estimate of drug-likeness (QED) is 0.441. The van der Waals surface area contributed by atoms with Crippen LogP contribution in [0.2, 0.25) is 0 Å². The largest absolute Gasteiger partial charge is 0.493 e. The standard InChI is InChI=1S/C20H20N4O5S/c1-25-13-7-6-11(8-14(13)26-2)18-21-22-20-24(18)23-19(30-20)12-9-15(27-3)17(29-5)16(10-12)28-4/h6-10H,1-5H3. The first-order chi connectivity index (χ1) is 14.6. The molecule has 30 heavy (non-hydrogen) atoms. The van der Waals surface area contributed by atoms with Gasteiger partial charge in [-0.3, -0.25) is 0 Å². The van der Waals surface area contributed by atoms with Crippen molar-refractivity contribution in [1.29, 1.82) is 0 Å². The van der Waals surface area contributed by atoms with Crippen molar-refractivity contribution >= 4 is 16.3 Å². The molecule has 2 heterocycles. The van der Waals surface area contributed by atoms with Gasteiger partial charge in [-0.25, -0.2) is 0 Å². The molecule has 0 fully saturated rings. The molecule has 0 bridgehead atoms. The number of hydrogen-bond donors (Lipinski definition) is 0. The predicted molar refractivity (Wildman–Crippen MR) is 112 cm³/mol. The van der Waals surface area contributed by atoms with Crippen LogP contribution in [0.15, 0.2) is 30.3 Å². The van der Waals surface area contributed by atoms with E-state index >= 15 is 0 Å². The third kappa shape index (κ3) is 3.24. The molecule has 0 radical (unpaired) electrons. The Morgan fingerprint density at radius 2 is 1.33 bits per heavy atom. The zero-order valence-electron chi connectivity index (χ0n) is 17.1. The first-order valence-electron chi connectivity index (χ1n) is 8.88. The Kier molecular flexibility index (Phi) is 5.32. The highest BCUT2D eigenvalue weighted by Crippen LogP contribution is 2.42. The first kappa shape index (κ1) is 19.8. The summed E-state index contributed by atoms with van der Waals surface area (Å²) in [5, 5.41) is 14.0. The van der Waals surface area contributed by atoms with Crippen LogP contribution in [0.5, 0.6) is 28.7 Å². The molecule has 2 aromatic heterocycles. The third-order valence-electron chi connectivity index (χ3n) is 4.54. The summed E-state index contributed by atoms with van der Waals surface area (Å²) < 4.78 is 28.7. The summed E-state index contributed by atoms with van der Waals surface area (Å²) in [6.45, 7) is 0. The van der Waals surface area contributed by atoms with E-state index in [0.717, 1.165) is 16.1 Å². The average molecular weight is 428 g/mol. The van der Waals surface area contributed by atoms with Crippen molar-refractivity contribution in [3.8, 4) is 50.7 Å². The maximum atomic E-state index is 5.45. The number of rotatable bonds is 7. The topological polar surface area (TPSA) is 89.2 Å². The molecule has 0 unspecified atom stereocenters. The summed E-state index contributed by atoms with van der Waals surface area (Å²) >= 11 is 1.41. The number of methoxy groups -OCH3 is 5. The Morgan fingerprint density at radius 1 is 0.700 bits per heavy atom. The van der Waals surface area contributed by atoms with E-state index in [-0.39, 0.29) is 0 Å². The number of hydrogen-bond acceptors (Lipinski definition) is 9. The molecule has 0 aliphatic heterocycles. The molecule has 0 aliphatic carbocycles. The lowest BCUT2D eigenvalue weighted by Crippen LogP contribution is -1.96. The van der Waals surface area contributed by atoms with Crippen LogP contribution < -0.4 is 23.7 Å². The fraction of sp³-hybridized carbons (Fsp3) is 0.250. The minimum absolute atomic E-state index is 0.526. The Hall–Kier alpha value is -3.53. The predicted octanol–water partition coefficient (Wildman–Crippen LogP) is 3.56. The van der Waals surface area contributed by atoms with E-state index in [2.05, 4.69) is 10.2 Å². The normalized spacial score (nSPS) is 10.8. The second-order valence-corrected chi connectivity index (χ2v) is 7.06. The van der Waals surface area contributed by atoms with Crippen LogP contribution in [0.3, 0.4) is 0 Å². The number of benzene rings is 2. The van der Waals surface area contributed by atoms with Crippen molar-refractivity contribution in [3.63, 3.8) is 0 Å². The van der Waals surface area contributed by atoms with Crippen LogP contribution in [-0.4, -0.2) is 55.4 Å². The summed E-state index contributed by atoms with van der Waals surface area (Å²) in [5.41, 5.74) is 1.63. The van der Waals surface area contributed by atoms with Gasteiger partial charge in [0.05, 0.1) is 35.5 Å². The van der Waals surface area contributed by atoms with E-state index in [1.54, 1.807) is 40.1 Å². The summed E-state index contributed by atoms with van der Waals surface area (Å²) in [4.78, 5) is 0.656. The summed E-state index contributed by atoms with van der Waals surface area (Å²) in [5.74, 6) is 3.47. The third-order valence-corrected chi connectivity index (χ3v) is 5.49. The Morgan fingerprint density at radius 3 is 1.93 bits per heavy atom. The molecule has 0 atom stereocenters. The Balaban J connectivity index is 1.81. The van der Waals surface area contributed by atoms with Gasteiger partial charge < -0.3 is 23.7 Å². The van der Waals surface area contributed by atoms with Gasteiger partial charge in [-0.15, -0.1) is 10.2 Å². The lowest BCUT2D eigenvalue weighted by Gasteiger charge is -2.13. The molecule has 4 aromatic rings. The van der Waals surface area contributed by atoms with E-state index in [0.29, 0.717) is 39.5 Å². The molecule has 10 heteroatoms. The van der Waals surface area contributed by atoms with Crippen LogP contribution in [0.4, 0.5) is 0 Å². The van der Waals surface area contributed by atoms with Gasteiger partial charge in [0, 0.05) is 11.1 Å². The average Bonchev–Trinajstić information content (AvgIpc) is 3.38. The monoisotopic (exact) mass is 428 g/mol. The van der Waals surface area contributed by atoms with Crippen molar-refractivity contribution in [3.05, 3.63) is 30.3 Å². The molecule has 0 N–H and O–H groups in total. The molecule has 156 valence electrons. The number of aromatic nitrogens is 4. The lowest BCUT2D eigenvalue weighted by atomic mass is 10.2. The lowest BCUT2D eigenvalue weighted by molar-refractivity contribution is 0.324. The maximum Gasteiger partial charge on any atom is 0.235 e. The minimum atomic E-state index is 0.526. The van der Waals surface area contributed by atoms with E-state index in [9.17, 15) is 0 Å². The van der Waals surface area contributed by atoms with Gasteiger partial charge in [0.25, 0.3) is 0 Å². The van der Waals surface area contributed by atoms with Gasteiger partial charge in [-0.1, -0.05) is 11.3 Å². The Labute approximate surface area is 176 Å². The van der Waals surface area contributed by atoms with Crippen LogP contribution in [0.1, 0.15) is 0 Å². The van der Waals surface area contributed by atoms with E-state index < -0.39 is 0 Å². The van der Waals surface area contributed by atoms with Gasteiger partial charge >= 0.3 is 0 Å². The van der Waals surface area contributed by atoms with Gasteiger partial charge in [0.2, 0.25) is 10.7 Å². The first-order valence-corrected chi connectivity index (χ1v) is 9.70. The van der Waals surface area contributed by atoms with Crippen LogP contribution in [-0.2, 0) is 0 Å². The maximum absolute atomic E-state index is 5.45. The highest BCUT2D eigenvalue weighted by atomic mass is 32.1. The van der Waals surface area contributed by atoms with Crippen LogP contribution in [0.25, 0.3) is 26.9 Å². The summed E-state index contributed by atoms with van der Waals surface area (Å²) in [6, 6.07) is 9.25. The highest BCUT2D eigenvalue weighted by Gasteiger charge is 2.19. The van der Waals surface area contributed by atoms with Gasteiger partial charge in [0.1, 0.15) is 5.01 Å². The number of ether oxygens (including phenoxy) is 5. The van der Waals surface area contributed by atoms with Gasteiger partial charge in [-0.2, -0.15) is 9.61 Å². The molecule has 2 aromatic carbocycles. The summed E-state index contributed by atoms with van der Waals surface area (Å²) in [7, 11) is 7.91. The fourth-order valence-electron chi connectivity index (χ4n) is 3.09.